The van der Waals surface area contributed by atoms with Crippen LogP contribution in [-0.4, -0.2) is 7.91 Å². The van der Waals surface area contributed by atoms with Crippen LogP contribution in [0.4, 0.5) is 0 Å². The van der Waals surface area contributed by atoms with Crippen molar-refractivity contribution in [3.63, 3.8) is 0 Å². The topological polar surface area (TPSA) is 44.0 Å². The Kier molecular flexibility index (Phi) is 3.25. The smallest absolute Gasteiger partial charge is 0.264 e. The zero-order chi connectivity index (χ0) is 11.9. The van der Waals surface area contributed by atoms with Crippen LogP contribution in [0.5, 0.6) is 0 Å². The molecule has 0 saturated heterocycles. The summed E-state index contributed by atoms with van der Waals surface area (Å²) in [6.07, 6.45) is -0.407. The lowest BCUT2D eigenvalue weighted by molar-refractivity contribution is 0.514. The van der Waals surface area contributed by atoms with E-state index < -0.39 is 6.17 Å². The lowest BCUT2D eigenvalue weighted by Gasteiger charge is -2.10. The van der Waals surface area contributed by atoms with Gasteiger partial charge in [-0.3, -0.25) is 9.59 Å². The van der Waals surface area contributed by atoms with Crippen molar-refractivity contribution in [2.75, 3.05) is 0 Å². The van der Waals surface area contributed by atoms with Crippen LogP contribution in [-0.2, 0) is 0 Å². The molecular weight excluding hydrogens is 291 g/mol. The Morgan fingerprint density at radius 3 is 1.69 bits per heavy atom. The SMILES string of the molecule is CC(n1sc(Cl)cc1=O)n1sc(Cl)cc1=O. The fraction of sp³-hybridized carbons (Fsp3) is 0.250. The van der Waals surface area contributed by atoms with Gasteiger partial charge in [-0.2, -0.15) is 0 Å². The molecule has 2 heterocycles. The van der Waals surface area contributed by atoms with Crippen molar-refractivity contribution in [2.45, 2.75) is 13.1 Å². The Morgan fingerprint density at radius 2 is 1.44 bits per heavy atom. The molecule has 0 amide bonds. The third kappa shape index (κ3) is 2.10. The summed E-state index contributed by atoms with van der Waals surface area (Å²) in [6, 6.07) is 2.64. The van der Waals surface area contributed by atoms with E-state index in [1.54, 1.807) is 6.92 Å². The van der Waals surface area contributed by atoms with Crippen LogP contribution in [0.15, 0.2) is 21.7 Å². The largest absolute Gasteiger partial charge is 0.268 e. The summed E-state index contributed by atoms with van der Waals surface area (Å²) < 4.78 is 3.65. The molecule has 0 N–H and O–H groups in total. The molecule has 0 saturated carbocycles. The van der Waals surface area contributed by atoms with E-state index in [0.717, 1.165) is 23.1 Å². The first-order chi connectivity index (χ1) is 7.49. The van der Waals surface area contributed by atoms with E-state index in [9.17, 15) is 9.59 Å². The first-order valence-electron chi connectivity index (χ1n) is 4.26. The second-order valence-corrected chi connectivity index (χ2v) is 6.33. The van der Waals surface area contributed by atoms with Gasteiger partial charge in [-0.15, -0.1) is 0 Å². The van der Waals surface area contributed by atoms with E-state index in [4.69, 9.17) is 23.2 Å². The highest BCUT2D eigenvalue weighted by molar-refractivity contribution is 7.12. The molecule has 0 aliphatic rings. The second kappa shape index (κ2) is 4.37. The van der Waals surface area contributed by atoms with Gasteiger partial charge in [0.1, 0.15) is 14.8 Å². The molecule has 16 heavy (non-hydrogen) atoms. The Bertz CT molecular complexity index is 570. The highest BCUT2D eigenvalue weighted by atomic mass is 35.5. The average molecular weight is 297 g/mol. The molecule has 2 aromatic rings. The normalized spacial score (nSPS) is 11.2. The second-order valence-electron chi connectivity index (χ2n) is 3.04. The summed E-state index contributed by atoms with van der Waals surface area (Å²) in [5, 5.41) is 0. The average Bonchev–Trinajstić information content (AvgIpc) is 2.68. The van der Waals surface area contributed by atoms with Crippen LogP contribution in [0.25, 0.3) is 0 Å². The minimum atomic E-state index is -0.407. The Morgan fingerprint density at radius 1 is 1.06 bits per heavy atom. The highest BCUT2D eigenvalue weighted by Crippen LogP contribution is 2.21. The molecule has 0 aliphatic heterocycles. The minimum absolute atomic E-state index is 0.223. The maximum atomic E-state index is 11.5. The van der Waals surface area contributed by atoms with Gasteiger partial charge in [0, 0.05) is 12.1 Å². The molecule has 0 unspecified atom stereocenters. The van der Waals surface area contributed by atoms with Crippen molar-refractivity contribution < 1.29 is 0 Å². The minimum Gasteiger partial charge on any atom is -0.268 e. The quantitative estimate of drug-likeness (QED) is 0.855. The lowest BCUT2D eigenvalue weighted by Crippen LogP contribution is -2.26. The van der Waals surface area contributed by atoms with E-state index >= 15 is 0 Å². The van der Waals surface area contributed by atoms with E-state index in [0.29, 0.717) is 8.67 Å². The van der Waals surface area contributed by atoms with Crippen LogP contribution in [0, 0.1) is 0 Å². The number of halogens is 2. The Hall–Kier alpha value is -0.560. The molecule has 0 aromatic carbocycles. The molecule has 2 rings (SSSR count). The molecule has 8 heteroatoms. The summed E-state index contributed by atoms with van der Waals surface area (Å²) in [4.78, 5) is 23.0. The van der Waals surface area contributed by atoms with Crippen molar-refractivity contribution in [2.24, 2.45) is 0 Å². The Labute approximate surface area is 109 Å². The summed E-state index contributed by atoms with van der Waals surface area (Å²) in [7, 11) is 0. The van der Waals surface area contributed by atoms with Crippen LogP contribution < -0.4 is 11.1 Å². The Balaban J connectivity index is 2.50. The molecule has 4 nitrogen and oxygen atoms in total. The zero-order valence-electron chi connectivity index (χ0n) is 8.02. The molecule has 86 valence electrons. The molecule has 0 radical (unpaired) electrons. The van der Waals surface area contributed by atoms with E-state index in [-0.39, 0.29) is 11.1 Å². The van der Waals surface area contributed by atoms with Gasteiger partial charge in [-0.25, -0.2) is 7.91 Å². The standard InChI is InChI=1S/C8H6Cl2N2O2S2/c1-4(11-7(13)2-5(9)15-11)12-8(14)3-6(10)16-12/h2-4H,1H3. The van der Waals surface area contributed by atoms with Crippen LogP contribution in [0.2, 0.25) is 8.67 Å². The van der Waals surface area contributed by atoms with Gasteiger partial charge in [0.25, 0.3) is 11.1 Å². The molecule has 0 atom stereocenters. The fourth-order valence-electron chi connectivity index (χ4n) is 1.27. The van der Waals surface area contributed by atoms with Gasteiger partial charge in [0.05, 0.1) is 0 Å². The van der Waals surface area contributed by atoms with Crippen LogP contribution in [0.3, 0.4) is 0 Å². The summed E-state index contributed by atoms with van der Waals surface area (Å²) >= 11 is 13.7. The molecule has 0 bridgehead atoms. The summed E-state index contributed by atoms with van der Waals surface area (Å²) in [5.41, 5.74) is -0.446. The highest BCUT2D eigenvalue weighted by Gasteiger charge is 2.15. The van der Waals surface area contributed by atoms with Crippen molar-refractivity contribution in [3.8, 4) is 0 Å². The number of rotatable bonds is 2. The predicted molar refractivity (Wildman–Crippen MR) is 67.3 cm³/mol. The first-order valence-corrected chi connectivity index (χ1v) is 6.56. The zero-order valence-corrected chi connectivity index (χ0v) is 11.2. The van der Waals surface area contributed by atoms with E-state index in [1.807, 2.05) is 0 Å². The van der Waals surface area contributed by atoms with Crippen molar-refractivity contribution >= 4 is 46.3 Å². The monoisotopic (exact) mass is 296 g/mol. The van der Waals surface area contributed by atoms with E-state index in [1.165, 1.54) is 20.0 Å². The van der Waals surface area contributed by atoms with Gasteiger partial charge in [0.2, 0.25) is 0 Å². The molecule has 0 aliphatic carbocycles. The predicted octanol–water partition coefficient (Wildman–Crippen LogP) is 2.51. The number of hydrogen-bond acceptors (Lipinski definition) is 4. The van der Waals surface area contributed by atoms with Gasteiger partial charge in [-0.05, 0) is 30.0 Å². The lowest BCUT2D eigenvalue weighted by atomic mass is 10.5. The van der Waals surface area contributed by atoms with Crippen LogP contribution >= 0.6 is 46.3 Å². The van der Waals surface area contributed by atoms with Crippen molar-refractivity contribution in [3.05, 3.63) is 41.5 Å². The third-order valence-corrected chi connectivity index (χ3v) is 4.54. The third-order valence-electron chi connectivity index (χ3n) is 1.96. The van der Waals surface area contributed by atoms with Crippen molar-refractivity contribution in [1.29, 1.82) is 0 Å². The fourth-order valence-corrected chi connectivity index (χ4v) is 3.42. The van der Waals surface area contributed by atoms with Gasteiger partial charge < -0.3 is 0 Å². The first kappa shape index (κ1) is 11.9. The summed E-state index contributed by atoms with van der Waals surface area (Å²) in [5.74, 6) is 0. The molecule has 0 spiro atoms. The van der Waals surface area contributed by atoms with Gasteiger partial charge in [0.15, 0.2) is 0 Å². The summed E-state index contributed by atoms with van der Waals surface area (Å²) in [6.45, 7) is 1.74. The van der Waals surface area contributed by atoms with Crippen LogP contribution in [0.1, 0.15) is 13.1 Å². The number of hydrogen-bond donors (Lipinski definition) is 0. The number of nitrogens with zero attached hydrogens (tertiary/aromatic N) is 2. The van der Waals surface area contributed by atoms with Gasteiger partial charge >= 0.3 is 0 Å². The van der Waals surface area contributed by atoms with Gasteiger partial charge in [-0.1, -0.05) is 23.2 Å². The van der Waals surface area contributed by atoms with Crippen molar-refractivity contribution in [1.82, 2.24) is 7.91 Å². The molecule has 2 aromatic heterocycles. The molecule has 0 fully saturated rings. The van der Waals surface area contributed by atoms with E-state index in [2.05, 4.69) is 0 Å². The number of aromatic nitrogens is 2. The maximum Gasteiger partial charge on any atom is 0.264 e. The molecular formula is C8H6Cl2N2O2S2. The maximum absolute atomic E-state index is 11.5.